The summed E-state index contributed by atoms with van der Waals surface area (Å²) in [6.45, 7) is 0.124. The van der Waals surface area contributed by atoms with Gasteiger partial charge in [0.15, 0.2) is 0 Å². The minimum absolute atomic E-state index is 0.00141. The highest BCUT2D eigenvalue weighted by Crippen LogP contribution is 2.43. The van der Waals surface area contributed by atoms with Gasteiger partial charge in [-0.15, -0.1) is 0 Å². The molecule has 31 heavy (non-hydrogen) atoms. The van der Waals surface area contributed by atoms with Gasteiger partial charge in [0.25, 0.3) is 5.91 Å². The van der Waals surface area contributed by atoms with Gasteiger partial charge in [0.2, 0.25) is 0 Å². The fraction of sp³-hybridized carbons (Fsp3) is 0.350. The summed E-state index contributed by atoms with van der Waals surface area (Å²) in [7, 11) is 1.71. The summed E-state index contributed by atoms with van der Waals surface area (Å²) >= 11 is 0. The molecule has 1 saturated carbocycles. The second-order valence-electron chi connectivity index (χ2n) is 7.64. The molecule has 3 aromatic rings. The first kappa shape index (κ1) is 20.9. The average Bonchev–Trinajstić information content (AvgIpc) is 3.05. The first-order valence-corrected chi connectivity index (χ1v) is 9.56. The molecule has 0 aliphatic heterocycles. The van der Waals surface area contributed by atoms with Gasteiger partial charge in [0.1, 0.15) is 17.2 Å². The van der Waals surface area contributed by atoms with Crippen LogP contribution in [0.4, 0.5) is 23.4 Å². The number of rotatable bonds is 5. The van der Waals surface area contributed by atoms with Crippen molar-refractivity contribution in [3.05, 3.63) is 57.9 Å². The number of benzene rings is 1. The van der Waals surface area contributed by atoms with Crippen molar-refractivity contribution in [1.29, 1.82) is 0 Å². The smallest absolute Gasteiger partial charge is 0.357 e. The zero-order chi connectivity index (χ0) is 22.3. The molecule has 3 N–H and O–H groups in total. The van der Waals surface area contributed by atoms with E-state index in [1.54, 1.807) is 24.1 Å². The fourth-order valence-corrected chi connectivity index (χ4v) is 3.60. The Morgan fingerprint density at radius 3 is 2.65 bits per heavy atom. The SMILES string of the molecule is CN(c1ccc(CNC(=O)c2cc(F)c3[nH]c(=O)[nH]c3c2)cn1)C1CC(C(F)(F)F)C1. The molecule has 1 fully saturated rings. The molecule has 0 radical (unpaired) electrons. The van der Waals surface area contributed by atoms with Crippen LogP contribution in [0.5, 0.6) is 0 Å². The van der Waals surface area contributed by atoms with E-state index in [4.69, 9.17) is 0 Å². The molecular formula is C20H19F4N5O2. The number of halogens is 4. The molecule has 164 valence electrons. The number of carbonyl (C=O) groups excluding carboxylic acids is 1. The molecule has 7 nitrogen and oxygen atoms in total. The monoisotopic (exact) mass is 437 g/mol. The van der Waals surface area contributed by atoms with Crippen molar-refractivity contribution in [2.75, 3.05) is 11.9 Å². The number of hydrogen-bond acceptors (Lipinski definition) is 4. The van der Waals surface area contributed by atoms with Gasteiger partial charge < -0.3 is 20.2 Å². The highest BCUT2D eigenvalue weighted by atomic mass is 19.4. The number of nitrogens with one attached hydrogen (secondary N) is 3. The Balaban J connectivity index is 1.35. The van der Waals surface area contributed by atoms with Gasteiger partial charge in [-0.2, -0.15) is 13.2 Å². The van der Waals surface area contributed by atoms with Crippen LogP contribution >= 0.6 is 0 Å². The zero-order valence-electron chi connectivity index (χ0n) is 16.4. The maximum absolute atomic E-state index is 14.0. The van der Waals surface area contributed by atoms with Crippen molar-refractivity contribution < 1.29 is 22.4 Å². The first-order valence-electron chi connectivity index (χ1n) is 9.56. The summed E-state index contributed by atoms with van der Waals surface area (Å²) in [4.78, 5) is 34.3. The van der Waals surface area contributed by atoms with E-state index >= 15 is 0 Å². The summed E-state index contributed by atoms with van der Waals surface area (Å²) in [6, 6.07) is 5.58. The van der Waals surface area contributed by atoms with Crippen LogP contribution < -0.4 is 15.9 Å². The van der Waals surface area contributed by atoms with Crippen LogP contribution in [-0.4, -0.2) is 40.1 Å². The van der Waals surface area contributed by atoms with E-state index in [9.17, 15) is 27.2 Å². The zero-order valence-corrected chi connectivity index (χ0v) is 16.4. The molecule has 4 rings (SSSR count). The molecule has 1 aromatic carbocycles. The van der Waals surface area contributed by atoms with Crippen LogP contribution in [0.1, 0.15) is 28.8 Å². The summed E-state index contributed by atoms with van der Waals surface area (Å²) in [5.74, 6) is -1.97. The second kappa shape index (κ2) is 7.71. The van der Waals surface area contributed by atoms with Crippen molar-refractivity contribution in [3.8, 4) is 0 Å². The van der Waals surface area contributed by atoms with Crippen LogP contribution in [0.15, 0.2) is 35.3 Å². The van der Waals surface area contributed by atoms with Gasteiger partial charge in [-0.3, -0.25) is 4.79 Å². The van der Waals surface area contributed by atoms with Gasteiger partial charge in [-0.1, -0.05) is 6.07 Å². The lowest BCUT2D eigenvalue weighted by molar-refractivity contribution is -0.196. The Labute approximate surface area is 173 Å². The van der Waals surface area contributed by atoms with Crippen LogP contribution in [0, 0.1) is 11.7 Å². The molecular weight excluding hydrogens is 418 g/mol. The van der Waals surface area contributed by atoms with Gasteiger partial charge in [0.05, 0.1) is 11.4 Å². The molecule has 0 unspecified atom stereocenters. The van der Waals surface area contributed by atoms with E-state index in [1.165, 1.54) is 12.3 Å². The molecule has 1 aliphatic carbocycles. The molecule has 2 aromatic heterocycles. The molecule has 0 atom stereocenters. The molecule has 0 saturated heterocycles. The lowest BCUT2D eigenvalue weighted by Crippen LogP contribution is -2.48. The highest BCUT2D eigenvalue weighted by Gasteiger charge is 2.49. The topological polar surface area (TPSA) is 93.9 Å². The number of nitrogens with zero attached hydrogens (tertiary/aromatic N) is 2. The number of imidazole rings is 1. The number of carbonyl (C=O) groups is 1. The molecule has 2 heterocycles. The van der Waals surface area contributed by atoms with Crippen molar-refractivity contribution in [2.45, 2.75) is 31.6 Å². The third-order valence-corrected chi connectivity index (χ3v) is 5.59. The van der Waals surface area contributed by atoms with Gasteiger partial charge in [-0.25, -0.2) is 14.2 Å². The standard InChI is InChI=1S/C20H19F4N5O2/c1-29(13-6-12(7-13)20(22,23)24)16-3-2-10(8-25-16)9-26-18(30)11-4-14(21)17-15(5-11)27-19(31)28-17/h2-5,8,12-13H,6-7,9H2,1H3,(H,26,30)(H2,27,28,31). The quantitative estimate of drug-likeness (QED) is 0.535. The number of aromatic amines is 2. The maximum Gasteiger partial charge on any atom is 0.391 e. The lowest BCUT2D eigenvalue weighted by atomic mass is 9.79. The minimum atomic E-state index is -4.16. The van der Waals surface area contributed by atoms with Crippen molar-refractivity contribution in [3.63, 3.8) is 0 Å². The van der Waals surface area contributed by atoms with Crippen LogP contribution in [0.2, 0.25) is 0 Å². The summed E-state index contributed by atoms with van der Waals surface area (Å²) in [5.41, 5.74) is 0.336. The van der Waals surface area contributed by atoms with Crippen molar-refractivity contribution in [1.82, 2.24) is 20.3 Å². The molecule has 1 amide bonds. The summed E-state index contributed by atoms with van der Waals surface area (Å²) in [5, 5.41) is 2.64. The van der Waals surface area contributed by atoms with E-state index in [0.29, 0.717) is 11.4 Å². The van der Waals surface area contributed by atoms with Gasteiger partial charge >= 0.3 is 11.9 Å². The minimum Gasteiger partial charge on any atom is -0.357 e. The van der Waals surface area contributed by atoms with E-state index < -0.39 is 29.5 Å². The number of H-pyrrole nitrogens is 2. The van der Waals surface area contributed by atoms with E-state index in [1.807, 2.05) is 0 Å². The Hall–Kier alpha value is -3.37. The maximum atomic E-state index is 14.0. The highest BCUT2D eigenvalue weighted by molar-refractivity contribution is 5.97. The molecule has 1 aliphatic rings. The molecule has 11 heteroatoms. The molecule has 0 spiro atoms. The third kappa shape index (κ3) is 4.25. The second-order valence-corrected chi connectivity index (χ2v) is 7.64. The summed E-state index contributed by atoms with van der Waals surface area (Å²) < 4.78 is 52.0. The van der Waals surface area contributed by atoms with E-state index in [-0.39, 0.29) is 42.0 Å². The van der Waals surface area contributed by atoms with Crippen LogP contribution in [0.3, 0.4) is 0 Å². The Kier molecular flexibility index (Phi) is 5.19. The predicted molar refractivity (Wildman–Crippen MR) is 105 cm³/mol. The summed E-state index contributed by atoms with van der Waals surface area (Å²) in [6.07, 6.45) is -2.53. The number of amides is 1. The van der Waals surface area contributed by atoms with E-state index in [2.05, 4.69) is 20.3 Å². The first-order chi connectivity index (χ1) is 14.6. The fourth-order valence-electron chi connectivity index (χ4n) is 3.60. The number of aromatic nitrogens is 3. The number of pyridine rings is 1. The van der Waals surface area contributed by atoms with Crippen molar-refractivity contribution >= 4 is 22.8 Å². The Morgan fingerprint density at radius 2 is 2.00 bits per heavy atom. The number of fused-ring (bicyclic) bond motifs is 1. The van der Waals surface area contributed by atoms with Crippen molar-refractivity contribution in [2.24, 2.45) is 5.92 Å². The number of hydrogen-bond donors (Lipinski definition) is 3. The van der Waals surface area contributed by atoms with E-state index in [0.717, 1.165) is 6.07 Å². The predicted octanol–water partition coefficient (Wildman–Crippen LogP) is 3.10. The lowest BCUT2D eigenvalue weighted by Gasteiger charge is -2.42. The number of alkyl halides is 3. The van der Waals surface area contributed by atoms with Crippen LogP contribution in [0.25, 0.3) is 11.0 Å². The third-order valence-electron chi connectivity index (χ3n) is 5.59. The number of anilines is 1. The average molecular weight is 437 g/mol. The normalized spacial score (nSPS) is 18.6. The van der Waals surface area contributed by atoms with Crippen LogP contribution in [-0.2, 0) is 6.54 Å². The molecule has 0 bridgehead atoms. The Bertz CT molecular complexity index is 1160. The van der Waals surface area contributed by atoms with Gasteiger partial charge in [0, 0.05) is 31.4 Å². The Morgan fingerprint density at radius 1 is 1.26 bits per heavy atom. The largest absolute Gasteiger partial charge is 0.391 e. The van der Waals surface area contributed by atoms with Gasteiger partial charge in [-0.05, 0) is 36.6 Å².